The molecule has 0 aliphatic carbocycles. The van der Waals surface area contributed by atoms with E-state index in [0.717, 1.165) is 0 Å². The highest BCUT2D eigenvalue weighted by Crippen LogP contribution is 2.38. The van der Waals surface area contributed by atoms with Crippen molar-refractivity contribution < 1.29 is 0 Å². The maximum Gasteiger partial charge on any atom is -0.00672 e. The normalized spacial score (nSPS) is 11.3. The van der Waals surface area contributed by atoms with E-state index in [9.17, 15) is 0 Å². The van der Waals surface area contributed by atoms with Gasteiger partial charge in [0.15, 0.2) is 0 Å². The molecule has 26 heavy (non-hydrogen) atoms. The van der Waals surface area contributed by atoms with Crippen molar-refractivity contribution in [2.75, 3.05) is 0 Å². The second-order valence-corrected chi connectivity index (χ2v) is 7.40. The Bertz CT molecular complexity index is 1090. The molecule has 0 nitrogen and oxygen atoms in total. The van der Waals surface area contributed by atoms with E-state index < -0.39 is 0 Å². The molecular formula is C26H26. The van der Waals surface area contributed by atoms with Crippen LogP contribution in [0.1, 0.15) is 36.5 Å². The molecule has 0 unspecified atom stereocenters. The van der Waals surface area contributed by atoms with Crippen molar-refractivity contribution >= 4 is 21.5 Å². The van der Waals surface area contributed by atoms with Gasteiger partial charge in [0.05, 0.1) is 0 Å². The lowest BCUT2D eigenvalue weighted by Crippen LogP contribution is -1.92. The van der Waals surface area contributed by atoms with Gasteiger partial charge >= 0.3 is 0 Å². The van der Waals surface area contributed by atoms with Gasteiger partial charge < -0.3 is 0 Å². The molecular weight excluding hydrogens is 312 g/mol. The van der Waals surface area contributed by atoms with Gasteiger partial charge in [-0.3, -0.25) is 0 Å². The lowest BCUT2D eigenvalue weighted by atomic mass is 9.87. The fourth-order valence-electron chi connectivity index (χ4n) is 4.07. The molecule has 0 heterocycles. The van der Waals surface area contributed by atoms with E-state index in [0.29, 0.717) is 0 Å². The number of unbranched alkanes of at least 4 members (excludes halogenated alkanes) is 1. The molecule has 0 fully saturated rings. The van der Waals surface area contributed by atoms with E-state index in [1.165, 1.54) is 68.6 Å². The van der Waals surface area contributed by atoms with Gasteiger partial charge in [-0.15, -0.1) is 0 Å². The van der Waals surface area contributed by atoms with Crippen LogP contribution >= 0.6 is 0 Å². The van der Waals surface area contributed by atoms with E-state index in [4.69, 9.17) is 0 Å². The first-order chi connectivity index (χ1) is 12.7. The first kappa shape index (κ1) is 16.8. The summed E-state index contributed by atoms with van der Waals surface area (Å²) < 4.78 is 0. The summed E-state index contributed by atoms with van der Waals surface area (Å²) in [6.45, 7) is 6.72. The number of fused-ring (bicyclic) bond motifs is 2. The quantitative estimate of drug-likeness (QED) is 0.359. The Morgan fingerprint density at radius 1 is 0.654 bits per heavy atom. The van der Waals surface area contributed by atoms with Crippen LogP contribution in [0, 0.1) is 13.8 Å². The molecule has 4 aromatic rings. The van der Waals surface area contributed by atoms with Crippen molar-refractivity contribution in [3.63, 3.8) is 0 Å². The van der Waals surface area contributed by atoms with Crippen molar-refractivity contribution in [1.29, 1.82) is 0 Å². The molecule has 0 saturated carbocycles. The second kappa shape index (κ2) is 6.96. The minimum Gasteiger partial charge on any atom is -0.0654 e. The number of aryl methyl sites for hydroxylation is 3. The highest BCUT2D eigenvalue weighted by Gasteiger charge is 2.13. The molecule has 0 saturated heterocycles. The van der Waals surface area contributed by atoms with Crippen LogP contribution < -0.4 is 0 Å². The summed E-state index contributed by atoms with van der Waals surface area (Å²) in [6.07, 6.45) is 3.67. The molecule has 0 spiro atoms. The summed E-state index contributed by atoms with van der Waals surface area (Å²) >= 11 is 0. The molecule has 4 aromatic carbocycles. The third-order valence-corrected chi connectivity index (χ3v) is 5.50. The zero-order chi connectivity index (χ0) is 18.1. The van der Waals surface area contributed by atoms with Crippen LogP contribution in [-0.4, -0.2) is 0 Å². The van der Waals surface area contributed by atoms with E-state index >= 15 is 0 Å². The maximum atomic E-state index is 2.38. The van der Waals surface area contributed by atoms with Crippen LogP contribution in [0.2, 0.25) is 0 Å². The predicted molar refractivity (Wildman–Crippen MR) is 115 cm³/mol. The molecule has 0 heteroatoms. The van der Waals surface area contributed by atoms with Crippen molar-refractivity contribution in [3.05, 3.63) is 83.4 Å². The van der Waals surface area contributed by atoms with Crippen molar-refractivity contribution in [2.45, 2.75) is 40.0 Å². The Kier molecular flexibility index (Phi) is 4.51. The molecule has 0 atom stereocenters. The zero-order valence-electron chi connectivity index (χ0n) is 16.0. The first-order valence-electron chi connectivity index (χ1n) is 9.70. The van der Waals surface area contributed by atoms with Crippen LogP contribution in [-0.2, 0) is 6.42 Å². The topological polar surface area (TPSA) is 0 Å². The van der Waals surface area contributed by atoms with Gasteiger partial charge in [0.1, 0.15) is 0 Å². The molecule has 0 N–H and O–H groups in total. The molecule has 0 bridgehead atoms. The van der Waals surface area contributed by atoms with Gasteiger partial charge in [0.25, 0.3) is 0 Å². The molecule has 130 valence electrons. The molecule has 4 rings (SSSR count). The highest BCUT2D eigenvalue weighted by atomic mass is 14.2. The van der Waals surface area contributed by atoms with Crippen LogP contribution in [0.25, 0.3) is 32.7 Å². The Morgan fingerprint density at radius 2 is 1.31 bits per heavy atom. The van der Waals surface area contributed by atoms with Gasteiger partial charge in [-0.05, 0) is 76.1 Å². The van der Waals surface area contributed by atoms with Crippen LogP contribution in [0.15, 0.2) is 66.7 Å². The van der Waals surface area contributed by atoms with E-state index in [-0.39, 0.29) is 0 Å². The summed E-state index contributed by atoms with van der Waals surface area (Å²) in [4.78, 5) is 0. The summed E-state index contributed by atoms with van der Waals surface area (Å²) in [6, 6.07) is 24.8. The Labute approximate surface area is 156 Å². The van der Waals surface area contributed by atoms with Crippen LogP contribution in [0.3, 0.4) is 0 Å². The Morgan fingerprint density at radius 3 is 2.04 bits per heavy atom. The summed E-state index contributed by atoms with van der Waals surface area (Å²) in [7, 11) is 0. The van der Waals surface area contributed by atoms with Gasteiger partial charge in [-0.2, -0.15) is 0 Å². The van der Waals surface area contributed by atoms with E-state index in [2.05, 4.69) is 87.5 Å². The summed E-state index contributed by atoms with van der Waals surface area (Å²) in [5.41, 5.74) is 6.91. The van der Waals surface area contributed by atoms with Crippen molar-refractivity contribution in [2.24, 2.45) is 0 Å². The predicted octanol–water partition coefficient (Wildman–Crippen LogP) is 7.62. The molecule has 0 amide bonds. The highest BCUT2D eigenvalue weighted by molar-refractivity contribution is 6.07. The van der Waals surface area contributed by atoms with Gasteiger partial charge in [-0.1, -0.05) is 80.1 Å². The van der Waals surface area contributed by atoms with Crippen molar-refractivity contribution in [1.82, 2.24) is 0 Å². The van der Waals surface area contributed by atoms with Gasteiger partial charge in [0.2, 0.25) is 0 Å². The minimum absolute atomic E-state index is 1.17. The lowest BCUT2D eigenvalue weighted by molar-refractivity contribution is 0.796. The Balaban J connectivity index is 2.00. The first-order valence-corrected chi connectivity index (χ1v) is 9.70. The van der Waals surface area contributed by atoms with Crippen LogP contribution in [0.5, 0.6) is 0 Å². The van der Waals surface area contributed by atoms with Gasteiger partial charge in [0, 0.05) is 0 Å². The Hall–Kier alpha value is -2.60. The SMILES string of the molecule is CCCCc1ccc2c(-c3c(C)ccc4ccccc34)c(C)ccc2c1. The average molecular weight is 338 g/mol. The summed E-state index contributed by atoms with van der Waals surface area (Å²) in [5, 5.41) is 5.37. The molecule has 0 aliphatic rings. The third kappa shape index (κ3) is 2.90. The standard InChI is InChI=1S/C26H26/c1-4-5-8-20-13-16-24-22(17-20)15-12-19(3)26(24)25-18(2)11-14-21-9-6-7-10-23(21)25/h6-7,9-17H,4-5,8H2,1-3H3. The number of hydrogen-bond acceptors (Lipinski definition) is 0. The zero-order valence-corrected chi connectivity index (χ0v) is 16.0. The maximum absolute atomic E-state index is 2.38. The van der Waals surface area contributed by atoms with E-state index in [1.807, 2.05) is 0 Å². The van der Waals surface area contributed by atoms with Crippen molar-refractivity contribution in [3.8, 4) is 11.1 Å². The van der Waals surface area contributed by atoms with Gasteiger partial charge in [-0.25, -0.2) is 0 Å². The number of benzene rings is 4. The fourth-order valence-corrected chi connectivity index (χ4v) is 4.07. The smallest absolute Gasteiger partial charge is 0.00672 e. The lowest BCUT2D eigenvalue weighted by Gasteiger charge is -2.17. The van der Waals surface area contributed by atoms with E-state index in [1.54, 1.807) is 0 Å². The molecule has 0 aromatic heterocycles. The number of hydrogen-bond donors (Lipinski definition) is 0. The third-order valence-electron chi connectivity index (χ3n) is 5.50. The minimum atomic E-state index is 1.17. The largest absolute Gasteiger partial charge is 0.0654 e. The monoisotopic (exact) mass is 338 g/mol. The second-order valence-electron chi connectivity index (χ2n) is 7.40. The molecule has 0 aliphatic heterocycles. The van der Waals surface area contributed by atoms with Crippen LogP contribution in [0.4, 0.5) is 0 Å². The fraction of sp³-hybridized carbons (Fsp3) is 0.231. The molecule has 0 radical (unpaired) electrons. The average Bonchev–Trinajstić information content (AvgIpc) is 2.67. The summed E-state index contributed by atoms with van der Waals surface area (Å²) in [5.74, 6) is 0. The number of rotatable bonds is 4.